The number of aromatic carboxylic acids is 1. The molecule has 5 heteroatoms. The molecule has 5 nitrogen and oxygen atoms in total. The number of aromatic nitrogens is 2. The Morgan fingerprint density at radius 1 is 1.38 bits per heavy atom. The zero-order chi connectivity index (χ0) is 15.6. The molecule has 0 unspecified atom stereocenters. The Morgan fingerprint density at radius 3 is 2.52 bits per heavy atom. The minimum atomic E-state index is -0.976. The summed E-state index contributed by atoms with van der Waals surface area (Å²) in [5.41, 5.74) is 3.24. The number of nitrogens with zero attached hydrogens (tertiary/aromatic N) is 3. The maximum Gasteiger partial charge on any atom is 0.354 e. The lowest BCUT2D eigenvalue weighted by molar-refractivity contribution is 0.0688. The van der Waals surface area contributed by atoms with Gasteiger partial charge in [0, 0.05) is 19.3 Å². The van der Waals surface area contributed by atoms with E-state index in [2.05, 4.69) is 23.0 Å². The summed E-state index contributed by atoms with van der Waals surface area (Å²) in [6.07, 6.45) is 5.42. The molecule has 0 aliphatic heterocycles. The lowest BCUT2D eigenvalue weighted by Gasteiger charge is -2.22. The average molecular weight is 285 g/mol. The number of hydrogen-bond donors (Lipinski definition) is 1. The van der Waals surface area contributed by atoms with E-state index in [1.165, 1.54) is 0 Å². The molecule has 110 valence electrons. The van der Waals surface area contributed by atoms with Crippen molar-refractivity contribution in [1.82, 2.24) is 9.38 Å². The van der Waals surface area contributed by atoms with E-state index < -0.39 is 5.97 Å². The Labute approximate surface area is 123 Å². The predicted molar refractivity (Wildman–Crippen MR) is 84.2 cm³/mol. The highest BCUT2D eigenvalue weighted by Gasteiger charge is 2.18. The molecule has 0 saturated carbocycles. The third-order valence-corrected chi connectivity index (χ3v) is 3.33. The SMILES string of the molecule is C=CCN(CC=C)c1cc(C)c2nc(C)c(C(=O)O)n2c1. The lowest BCUT2D eigenvalue weighted by Crippen LogP contribution is -2.23. The van der Waals surface area contributed by atoms with Gasteiger partial charge >= 0.3 is 5.97 Å². The van der Waals surface area contributed by atoms with E-state index in [4.69, 9.17) is 0 Å². The molecule has 2 aromatic rings. The fourth-order valence-electron chi connectivity index (χ4n) is 2.43. The van der Waals surface area contributed by atoms with Gasteiger partial charge in [-0.05, 0) is 25.5 Å². The lowest BCUT2D eigenvalue weighted by atomic mass is 10.2. The van der Waals surface area contributed by atoms with Crippen LogP contribution in [-0.4, -0.2) is 33.6 Å². The first kappa shape index (κ1) is 14.8. The van der Waals surface area contributed by atoms with Gasteiger partial charge in [-0.3, -0.25) is 4.40 Å². The number of fused-ring (bicyclic) bond motifs is 1. The number of carbonyl (C=O) groups is 1. The summed E-state index contributed by atoms with van der Waals surface area (Å²) >= 11 is 0. The van der Waals surface area contributed by atoms with Crippen LogP contribution >= 0.6 is 0 Å². The number of hydrogen-bond acceptors (Lipinski definition) is 3. The molecule has 0 atom stereocenters. The minimum Gasteiger partial charge on any atom is -0.477 e. The number of carboxylic acid groups (broad SMARTS) is 1. The molecule has 0 fully saturated rings. The Morgan fingerprint density at radius 2 is 2.00 bits per heavy atom. The van der Waals surface area contributed by atoms with Crippen LogP contribution in [0.2, 0.25) is 0 Å². The molecule has 0 aliphatic rings. The molecule has 0 bridgehead atoms. The largest absolute Gasteiger partial charge is 0.477 e. The molecule has 0 saturated heterocycles. The fraction of sp³-hybridized carbons (Fsp3) is 0.250. The van der Waals surface area contributed by atoms with Gasteiger partial charge in [-0.2, -0.15) is 0 Å². The summed E-state index contributed by atoms with van der Waals surface area (Å²) in [5.74, 6) is -0.976. The maximum absolute atomic E-state index is 11.4. The average Bonchev–Trinajstić information content (AvgIpc) is 2.75. The Kier molecular flexibility index (Phi) is 4.12. The first-order chi connectivity index (χ1) is 9.99. The highest BCUT2D eigenvalue weighted by atomic mass is 16.4. The van der Waals surface area contributed by atoms with Crippen LogP contribution in [0.15, 0.2) is 37.6 Å². The molecule has 21 heavy (non-hydrogen) atoms. The van der Waals surface area contributed by atoms with Crippen LogP contribution in [0.1, 0.15) is 21.7 Å². The highest BCUT2D eigenvalue weighted by Crippen LogP contribution is 2.23. The fourth-order valence-corrected chi connectivity index (χ4v) is 2.43. The van der Waals surface area contributed by atoms with Crippen molar-refractivity contribution in [3.8, 4) is 0 Å². The van der Waals surface area contributed by atoms with Gasteiger partial charge in [0.1, 0.15) is 5.65 Å². The summed E-state index contributed by atoms with van der Waals surface area (Å²) in [7, 11) is 0. The normalized spacial score (nSPS) is 10.6. The molecular weight excluding hydrogens is 266 g/mol. The van der Waals surface area contributed by atoms with Gasteiger partial charge in [-0.15, -0.1) is 13.2 Å². The monoisotopic (exact) mass is 285 g/mol. The van der Waals surface area contributed by atoms with E-state index in [-0.39, 0.29) is 5.69 Å². The van der Waals surface area contributed by atoms with Crippen molar-refractivity contribution >= 4 is 17.3 Å². The van der Waals surface area contributed by atoms with Crippen LogP contribution < -0.4 is 4.90 Å². The van der Waals surface area contributed by atoms with Gasteiger partial charge in [0.05, 0.1) is 11.4 Å². The summed E-state index contributed by atoms with van der Waals surface area (Å²) in [5, 5.41) is 9.37. The summed E-state index contributed by atoms with van der Waals surface area (Å²) in [6.45, 7) is 12.5. The van der Waals surface area contributed by atoms with E-state index in [0.29, 0.717) is 24.4 Å². The molecule has 0 aliphatic carbocycles. The van der Waals surface area contributed by atoms with Crippen molar-refractivity contribution in [2.45, 2.75) is 13.8 Å². The van der Waals surface area contributed by atoms with Crippen LogP contribution in [0.5, 0.6) is 0 Å². The topological polar surface area (TPSA) is 57.8 Å². The van der Waals surface area contributed by atoms with Gasteiger partial charge in [0.2, 0.25) is 0 Å². The molecule has 0 aromatic carbocycles. The van der Waals surface area contributed by atoms with Crippen molar-refractivity contribution in [3.63, 3.8) is 0 Å². The van der Waals surface area contributed by atoms with Crippen LogP contribution in [0.4, 0.5) is 5.69 Å². The van der Waals surface area contributed by atoms with Crippen LogP contribution in [-0.2, 0) is 0 Å². The number of anilines is 1. The summed E-state index contributed by atoms with van der Waals surface area (Å²) in [4.78, 5) is 17.8. The second kappa shape index (κ2) is 5.83. The molecule has 0 radical (unpaired) electrons. The summed E-state index contributed by atoms with van der Waals surface area (Å²) < 4.78 is 1.64. The second-order valence-electron chi connectivity index (χ2n) is 4.91. The van der Waals surface area contributed by atoms with E-state index in [1.54, 1.807) is 29.7 Å². The van der Waals surface area contributed by atoms with E-state index in [9.17, 15) is 9.90 Å². The number of aryl methyl sites for hydroxylation is 2. The number of rotatable bonds is 6. The third-order valence-electron chi connectivity index (χ3n) is 3.33. The van der Waals surface area contributed by atoms with Gasteiger partial charge in [0.15, 0.2) is 5.69 Å². The van der Waals surface area contributed by atoms with Crippen LogP contribution in [0.25, 0.3) is 5.65 Å². The Hall–Kier alpha value is -2.56. The molecule has 2 rings (SSSR count). The minimum absolute atomic E-state index is 0.201. The van der Waals surface area contributed by atoms with Crippen molar-refractivity contribution in [2.24, 2.45) is 0 Å². The Bertz CT molecular complexity index is 706. The zero-order valence-corrected chi connectivity index (χ0v) is 12.3. The first-order valence-electron chi connectivity index (χ1n) is 6.69. The van der Waals surface area contributed by atoms with Crippen LogP contribution in [0.3, 0.4) is 0 Å². The number of carboxylic acids is 1. The predicted octanol–water partition coefficient (Wildman–Crippen LogP) is 2.83. The van der Waals surface area contributed by atoms with Gasteiger partial charge in [0.25, 0.3) is 0 Å². The molecule has 0 amide bonds. The van der Waals surface area contributed by atoms with E-state index in [0.717, 1.165) is 11.3 Å². The van der Waals surface area contributed by atoms with Crippen molar-refractivity contribution < 1.29 is 9.90 Å². The maximum atomic E-state index is 11.4. The van der Waals surface area contributed by atoms with Crippen molar-refractivity contribution in [3.05, 3.63) is 54.5 Å². The van der Waals surface area contributed by atoms with Crippen molar-refractivity contribution in [2.75, 3.05) is 18.0 Å². The Balaban J connectivity index is 2.66. The third kappa shape index (κ3) is 2.67. The second-order valence-corrected chi connectivity index (χ2v) is 4.91. The molecular formula is C16H19N3O2. The summed E-state index contributed by atoms with van der Waals surface area (Å²) in [6, 6.07) is 2.00. The molecule has 1 N–H and O–H groups in total. The molecule has 2 aromatic heterocycles. The van der Waals surface area contributed by atoms with E-state index in [1.807, 2.05) is 13.0 Å². The van der Waals surface area contributed by atoms with Gasteiger partial charge in [-0.25, -0.2) is 9.78 Å². The highest BCUT2D eigenvalue weighted by molar-refractivity contribution is 5.88. The first-order valence-corrected chi connectivity index (χ1v) is 6.69. The number of pyridine rings is 1. The van der Waals surface area contributed by atoms with E-state index >= 15 is 0 Å². The smallest absolute Gasteiger partial charge is 0.354 e. The quantitative estimate of drug-likeness (QED) is 0.829. The molecule has 2 heterocycles. The standard InChI is InChI=1S/C16H19N3O2/c1-5-7-18(8-6-2)13-9-11(3)15-17-12(4)14(16(20)21)19(15)10-13/h5-6,9-10H,1-2,7-8H2,3-4H3,(H,20,21). The zero-order valence-electron chi connectivity index (χ0n) is 12.3. The van der Waals surface area contributed by atoms with Crippen LogP contribution in [0, 0.1) is 13.8 Å². The molecule has 0 spiro atoms. The number of imidazole rings is 1. The van der Waals surface area contributed by atoms with Gasteiger partial charge in [-0.1, -0.05) is 12.2 Å². The van der Waals surface area contributed by atoms with Crippen molar-refractivity contribution in [1.29, 1.82) is 0 Å². The van der Waals surface area contributed by atoms with Gasteiger partial charge < -0.3 is 10.0 Å².